The summed E-state index contributed by atoms with van der Waals surface area (Å²) in [5, 5.41) is 12.4. The number of ether oxygens (including phenoxy) is 1. The van der Waals surface area contributed by atoms with Gasteiger partial charge in [-0.3, -0.25) is 0 Å². The molecule has 0 spiro atoms. The molecule has 1 heterocycles. The summed E-state index contributed by atoms with van der Waals surface area (Å²) in [5.74, 6) is 0.345. The minimum absolute atomic E-state index is 0.0147. The van der Waals surface area contributed by atoms with Crippen LogP contribution < -0.4 is 9.64 Å². The van der Waals surface area contributed by atoms with Gasteiger partial charge in [-0.2, -0.15) is 0 Å². The number of rotatable bonds is 19. The van der Waals surface area contributed by atoms with Crippen molar-refractivity contribution in [3.8, 4) is 5.75 Å². The molecule has 7 nitrogen and oxygen atoms in total. The molecule has 0 aliphatic carbocycles. The van der Waals surface area contributed by atoms with E-state index in [-0.39, 0.29) is 5.75 Å². The third-order valence-electron chi connectivity index (χ3n) is 10.7. The van der Waals surface area contributed by atoms with Gasteiger partial charge in [0.1, 0.15) is 18.8 Å². The predicted octanol–water partition coefficient (Wildman–Crippen LogP) is 7.12. The molecule has 0 unspecified atom stereocenters. The second-order valence-electron chi connectivity index (χ2n) is 15.7. The minimum atomic E-state index is -3.62. The van der Waals surface area contributed by atoms with Crippen LogP contribution in [0.3, 0.4) is 0 Å². The summed E-state index contributed by atoms with van der Waals surface area (Å²) in [6.45, 7) is 11.9. The molecule has 1 N–H and O–H groups in total. The van der Waals surface area contributed by atoms with Gasteiger partial charge in [-0.15, -0.1) is 0 Å². The van der Waals surface area contributed by atoms with Crippen LogP contribution in [0.25, 0.3) is 0 Å². The van der Waals surface area contributed by atoms with E-state index in [0.717, 1.165) is 71.0 Å². The smallest absolute Gasteiger partial charge is 0.179 e. The van der Waals surface area contributed by atoms with Crippen LogP contribution in [0.1, 0.15) is 95.6 Å². The van der Waals surface area contributed by atoms with Crippen molar-refractivity contribution in [2.75, 3.05) is 85.7 Å². The van der Waals surface area contributed by atoms with Crippen LogP contribution in [0.5, 0.6) is 5.75 Å². The van der Waals surface area contributed by atoms with E-state index in [1.54, 1.807) is 6.07 Å². The van der Waals surface area contributed by atoms with E-state index in [4.69, 9.17) is 4.74 Å². The number of aliphatic hydroxyl groups is 1. The summed E-state index contributed by atoms with van der Waals surface area (Å²) in [7, 11) is 9.60. The highest BCUT2D eigenvalue weighted by Crippen LogP contribution is 2.50. The van der Waals surface area contributed by atoms with Gasteiger partial charge in [-0.05, 0) is 80.5 Å². The number of benzene rings is 2. The van der Waals surface area contributed by atoms with Gasteiger partial charge in [0, 0.05) is 31.1 Å². The topological polar surface area (TPSA) is 66.8 Å². The minimum Gasteiger partial charge on any atom is -0.494 e. The van der Waals surface area contributed by atoms with Crippen LogP contribution in [-0.4, -0.2) is 109 Å². The van der Waals surface area contributed by atoms with E-state index in [9.17, 15) is 13.5 Å². The first-order valence-corrected chi connectivity index (χ1v) is 19.8. The third-order valence-corrected chi connectivity index (χ3v) is 12.7. The summed E-state index contributed by atoms with van der Waals surface area (Å²) in [6.07, 6.45) is 7.60. The number of nitrogens with zero attached hydrogens (tertiary/aromatic N) is 3. The van der Waals surface area contributed by atoms with Crippen LogP contribution >= 0.6 is 0 Å². The lowest BCUT2D eigenvalue weighted by atomic mass is 9.68. The Morgan fingerprint density at radius 3 is 2.02 bits per heavy atom. The van der Waals surface area contributed by atoms with E-state index < -0.39 is 27.3 Å². The Hall–Kier alpha value is -2.13. The maximum absolute atomic E-state index is 14.1. The number of unbranched alkanes of at least 4 members (excludes halogenated alkanes) is 4. The van der Waals surface area contributed by atoms with E-state index >= 15 is 0 Å². The van der Waals surface area contributed by atoms with Crippen molar-refractivity contribution >= 4 is 15.5 Å². The summed E-state index contributed by atoms with van der Waals surface area (Å²) in [6, 6.07) is 13.7. The monoisotopic (exact) mass is 673 g/mol. The molecule has 2 atom stereocenters. The molecule has 1 aliphatic heterocycles. The second kappa shape index (κ2) is 17.0. The lowest BCUT2D eigenvalue weighted by Crippen LogP contribution is -2.51. The maximum atomic E-state index is 14.1. The molecule has 0 bridgehead atoms. The highest BCUT2D eigenvalue weighted by Gasteiger charge is 2.49. The predicted molar refractivity (Wildman–Crippen MR) is 197 cm³/mol. The summed E-state index contributed by atoms with van der Waals surface area (Å²) in [4.78, 5) is 2.35. The maximum Gasteiger partial charge on any atom is 0.179 e. The number of quaternary nitrogens is 2. The first kappa shape index (κ1) is 39.3. The quantitative estimate of drug-likeness (QED) is 0.127. The molecule has 47 heavy (non-hydrogen) atoms. The van der Waals surface area contributed by atoms with Gasteiger partial charge in [0.25, 0.3) is 0 Å². The number of fused-ring (bicyclic) bond motifs is 1. The standard InChI is InChI=1S/C39H67N3O4S/c1-10-13-24-39(25-14-11-2)31-47(44,45)36-23-20-33(40(4)5)30-35(36)37(38(39)43)32-18-21-34(22-19-32)46-29-17-15-16-26-42(8,9)28-27-41(6,7)12-3/h18-23,30,37-38,43H,10-17,24-29,31H2,1-9H3/q+2/t37-,38-/m1/s1. The van der Waals surface area contributed by atoms with Gasteiger partial charge in [-0.25, -0.2) is 8.42 Å². The molecular formula is C39H67N3O4S+2. The second-order valence-corrected chi connectivity index (χ2v) is 17.7. The molecule has 0 fully saturated rings. The Morgan fingerprint density at radius 1 is 0.830 bits per heavy atom. The Morgan fingerprint density at radius 2 is 1.45 bits per heavy atom. The number of hydrogen-bond acceptors (Lipinski definition) is 5. The molecule has 1 aliphatic rings. The van der Waals surface area contributed by atoms with E-state index in [0.29, 0.717) is 29.9 Å². The molecule has 0 aromatic heterocycles. The molecule has 2 aromatic carbocycles. The van der Waals surface area contributed by atoms with Gasteiger partial charge in [-0.1, -0.05) is 51.7 Å². The lowest BCUT2D eigenvalue weighted by Gasteiger charge is -2.40. The zero-order chi connectivity index (χ0) is 34.9. The molecule has 3 rings (SSSR count). The van der Waals surface area contributed by atoms with Crippen molar-refractivity contribution in [2.45, 2.75) is 95.5 Å². The molecule has 0 saturated carbocycles. The van der Waals surface area contributed by atoms with E-state index in [2.05, 4.69) is 49.0 Å². The first-order valence-electron chi connectivity index (χ1n) is 18.2. The van der Waals surface area contributed by atoms with Gasteiger partial charge in [0.2, 0.25) is 0 Å². The van der Waals surface area contributed by atoms with E-state index in [1.807, 2.05) is 55.4 Å². The number of sulfone groups is 1. The van der Waals surface area contributed by atoms with Crippen LogP contribution in [-0.2, 0) is 9.84 Å². The Balaban J connectivity index is 1.78. The van der Waals surface area contributed by atoms with Crippen molar-refractivity contribution in [1.82, 2.24) is 0 Å². The highest BCUT2D eigenvalue weighted by atomic mass is 32.2. The van der Waals surface area contributed by atoms with Gasteiger partial charge < -0.3 is 23.7 Å². The molecule has 0 radical (unpaired) electrons. The average Bonchev–Trinajstić information content (AvgIpc) is 3.10. The van der Waals surface area contributed by atoms with Crippen LogP contribution in [0.2, 0.25) is 0 Å². The largest absolute Gasteiger partial charge is 0.494 e. The van der Waals surface area contributed by atoms with Crippen molar-refractivity contribution in [1.29, 1.82) is 0 Å². The SMILES string of the molecule is CCCCC1(CCCC)CS(=O)(=O)c2ccc(N(C)C)cc2[C@@H](c2ccc(OCCCCC[N+](C)(C)CC[N+](C)(C)CC)cc2)[C@H]1O. The number of anilines is 1. The molecule has 0 amide bonds. The average molecular weight is 674 g/mol. The fourth-order valence-electron chi connectivity index (χ4n) is 6.98. The number of likely N-dealkylation sites (N-methyl/N-ethyl adjacent to an activating group) is 2. The summed E-state index contributed by atoms with van der Waals surface area (Å²) < 4.78 is 36.4. The van der Waals surface area contributed by atoms with Crippen molar-refractivity contribution in [3.63, 3.8) is 0 Å². The Bertz CT molecular complexity index is 1350. The van der Waals surface area contributed by atoms with Gasteiger partial charge in [0.15, 0.2) is 9.84 Å². The van der Waals surface area contributed by atoms with Crippen molar-refractivity contribution < 1.29 is 27.2 Å². The molecule has 266 valence electrons. The van der Waals surface area contributed by atoms with Crippen LogP contribution in [0, 0.1) is 5.41 Å². The van der Waals surface area contributed by atoms with Gasteiger partial charge >= 0.3 is 0 Å². The van der Waals surface area contributed by atoms with E-state index in [1.165, 1.54) is 26.1 Å². The van der Waals surface area contributed by atoms with Gasteiger partial charge in [0.05, 0.1) is 64.6 Å². The Kier molecular flexibility index (Phi) is 14.2. The van der Waals surface area contributed by atoms with Crippen LogP contribution in [0.4, 0.5) is 5.69 Å². The van der Waals surface area contributed by atoms with Crippen molar-refractivity contribution in [3.05, 3.63) is 53.6 Å². The zero-order valence-corrected chi connectivity index (χ0v) is 32.0. The Labute approximate surface area is 288 Å². The molecule has 2 aromatic rings. The van der Waals surface area contributed by atoms with Crippen LogP contribution in [0.15, 0.2) is 47.4 Å². The molecule has 8 heteroatoms. The number of hydrogen-bond donors (Lipinski definition) is 1. The highest BCUT2D eigenvalue weighted by molar-refractivity contribution is 7.91. The molecule has 0 saturated heterocycles. The van der Waals surface area contributed by atoms with Crippen molar-refractivity contribution in [2.24, 2.45) is 5.41 Å². The fourth-order valence-corrected chi connectivity index (χ4v) is 9.17. The zero-order valence-electron chi connectivity index (χ0n) is 31.2. The summed E-state index contributed by atoms with van der Waals surface area (Å²) >= 11 is 0. The normalized spacial score (nSPS) is 19.2. The first-order chi connectivity index (χ1) is 22.1. The summed E-state index contributed by atoms with van der Waals surface area (Å²) in [5.41, 5.74) is 1.85. The fraction of sp³-hybridized carbons (Fsp3) is 0.692. The molecular weight excluding hydrogens is 607 g/mol. The lowest BCUT2D eigenvalue weighted by molar-refractivity contribution is -0.945. The number of aliphatic hydroxyl groups excluding tert-OH is 1. The third kappa shape index (κ3) is 10.7.